The van der Waals surface area contributed by atoms with Crippen molar-refractivity contribution in [2.24, 2.45) is 10.7 Å². The number of amides is 1. The Morgan fingerprint density at radius 2 is 2.00 bits per heavy atom. The van der Waals surface area contributed by atoms with Gasteiger partial charge < -0.3 is 20.7 Å². The van der Waals surface area contributed by atoms with E-state index in [0.29, 0.717) is 32.2 Å². The van der Waals surface area contributed by atoms with Gasteiger partial charge in [0, 0.05) is 30.6 Å². The van der Waals surface area contributed by atoms with Crippen molar-refractivity contribution < 1.29 is 9.53 Å². The van der Waals surface area contributed by atoms with Crippen molar-refractivity contribution in [3.05, 3.63) is 35.4 Å². The van der Waals surface area contributed by atoms with E-state index < -0.39 is 0 Å². The Balaban J connectivity index is 0.00000364. The highest BCUT2D eigenvalue weighted by molar-refractivity contribution is 14.0. The summed E-state index contributed by atoms with van der Waals surface area (Å²) in [7, 11) is 0. The van der Waals surface area contributed by atoms with Gasteiger partial charge >= 0.3 is 6.09 Å². The van der Waals surface area contributed by atoms with Crippen molar-refractivity contribution in [1.82, 2.24) is 10.2 Å². The Bertz CT molecular complexity index is 590. The maximum Gasteiger partial charge on any atom is 0.409 e. The van der Waals surface area contributed by atoms with Gasteiger partial charge in [-0.25, -0.2) is 4.79 Å². The summed E-state index contributed by atoms with van der Waals surface area (Å²) >= 11 is 1.86. The number of thioether (sulfide) groups is 1. The van der Waals surface area contributed by atoms with Gasteiger partial charge in [-0.2, -0.15) is 11.8 Å². The zero-order valence-electron chi connectivity index (χ0n) is 16.1. The number of halogens is 1. The summed E-state index contributed by atoms with van der Waals surface area (Å²) in [6, 6.07) is 8.89. The van der Waals surface area contributed by atoms with Crippen LogP contribution in [0.15, 0.2) is 29.3 Å². The molecule has 1 aliphatic rings. The first kappa shape index (κ1) is 23.9. The predicted octanol–water partition coefficient (Wildman–Crippen LogP) is 3.37. The molecule has 6 nitrogen and oxygen atoms in total. The Kier molecular flexibility index (Phi) is 11.6. The quantitative estimate of drug-likeness (QED) is 0.257. The lowest BCUT2D eigenvalue weighted by Gasteiger charge is -2.31. The van der Waals surface area contributed by atoms with Crippen molar-refractivity contribution in [1.29, 1.82) is 0 Å². The summed E-state index contributed by atoms with van der Waals surface area (Å²) in [5.41, 5.74) is 8.61. The lowest BCUT2D eigenvalue weighted by atomic mass is 10.1. The number of carbonyl (C=O) groups excluding carboxylic acids is 1. The van der Waals surface area contributed by atoms with E-state index in [9.17, 15) is 4.79 Å². The second-order valence-electron chi connectivity index (χ2n) is 6.41. The minimum atomic E-state index is -0.224. The Morgan fingerprint density at radius 1 is 1.33 bits per heavy atom. The normalized spacial score (nSPS) is 15.2. The summed E-state index contributed by atoms with van der Waals surface area (Å²) in [4.78, 5) is 17.8. The fourth-order valence-electron chi connectivity index (χ4n) is 2.78. The maximum absolute atomic E-state index is 11.7. The van der Waals surface area contributed by atoms with Crippen LogP contribution in [-0.2, 0) is 10.5 Å². The standard InChI is InChI=1S/C19H30N4O2S.HI/c1-3-25-19(24)23-11-8-17(9-12-23)22-18(20)21-10-13-26-14-16-6-4-15(2)5-7-16;/h4-7,17H,3,8-14H2,1-2H3,(H3,20,21,22);1H. The molecule has 0 saturated carbocycles. The molecular weight excluding hydrogens is 475 g/mol. The zero-order valence-corrected chi connectivity index (χ0v) is 19.3. The van der Waals surface area contributed by atoms with Crippen LogP contribution in [0.3, 0.4) is 0 Å². The van der Waals surface area contributed by atoms with Gasteiger partial charge in [0.05, 0.1) is 13.2 Å². The van der Waals surface area contributed by atoms with Crippen molar-refractivity contribution in [2.75, 3.05) is 32.0 Å². The third kappa shape index (κ3) is 9.05. The summed E-state index contributed by atoms with van der Waals surface area (Å²) in [5.74, 6) is 2.43. The van der Waals surface area contributed by atoms with Crippen LogP contribution >= 0.6 is 35.7 Å². The van der Waals surface area contributed by atoms with Gasteiger partial charge in [0.1, 0.15) is 0 Å². The van der Waals surface area contributed by atoms with Crippen LogP contribution in [0.1, 0.15) is 30.9 Å². The number of benzene rings is 1. The molecule has 0 aromatic heterocycles. The Morgan fingerprint density at radius 3 is 2.63 bits per heavy atom. The minimum absolute atomic E-state index is 0. The predicted molar refractivity (Wildman–Crippen MR) is 124 cm³/mol. The molecule has 1 fully saturated rings. The zero-order chi connectivity index (χ0) is 18.8. The number of hydrogen-bond donors (Lipinski definition) is 2. The van der Waals surface area contributed by atoms with Crippen LogP contribution in [0, 0.1) is 6.92 Å². The van der Waals surface area contributed by atoms with E-state index >= 15 is 0 Å². The SMILES string of the molecule is CCOC(=O)N1CCC(NC(N)=NCCSCc2ccc(C)cc2)CC1.I. The minimum Gasteiger partial charge on any atom is -0.450 e. The molecule has 1 saturated heterocycles. The number of nitrogens with two attached hydrogens (primary N) is 1. The highest BCUT2D eigenvalue weighted by Gasteiger charge is 2.23. The maximum atomic E-state index is 11.7. The average Bonchev–Trinajstić information content (AvgIpc) is 2.64. The molecule has 27 heavy (non-hydrogen) atoms. The topological polar surface area (TPSA) is 80.0 Å². The van der Waals surface area contributed by atoms with Crippen LogP contribution in [-0.4, -0.2) is 55.0 Å². The molecule has 0 spiro atoms. The number of likely N-dealkylation sites (tertiary alicyclic amines) is 1. The van der Waals surface area contributed by atoms with Gasteiger partial charge in [0.2, 0.25) is 0 Å². The number of nitrogens with zero attached hydrogens (tertiary/aromatic N) is 2. The summed E-state index contributed by atoms with van der Waals surface area (Å²) in [6.07, 6.45) is 1.49. The third-order valence-electron chi connectivity index (χ3n) is 4.28. The Labute approximate surface area is 183 Å². The number of carbonyl (C=O) groups is 1. The van der Waals surface area contributed by atoms with E-state index in [-0.39, 0.29) is 36.1 Å². The van der Waals surface area contributed by atoms with Gasteiger partial charge in [-0.1, -0.05) is 29.8 Å². The van der Waals surface area contributed by atoms with E-state index in [1.807, 2.05) is 18.7 Å². The molecule has 3 N–H and O–H groups in total. The van der Waals surface area contributed by atoms with Gasteiger partial charge in [-0.05, 0) is 32.3 Å². The lowest BCUT2D eigenvalue weighted by Crippen LogP contribution is -2.48. The smallest absolute Gasteiger partial charge is 0.409 e. The molecule has 8 heteroatoms. The molecule has 0 bridgehead atoms. The third-order valence-corrected chi connectivity index (χ3v) is 5.29. The van der Waals surface area contributed by atoms with Gasteiger partial charge in [-0.15, -0.1) is 24.0 Å². The second-order valence-corrected chi connectivity index (χ2v) is 7.51. The van der Waals surface area contributed by atoms with Crippen LogP contribution in [0.5, 0.6) is 0 Å². The van der Waals surface area contributed by atoms with Crippen LogP contribution in [0.25, 0.3) is 0 Å². The molecule has 1 amide bonds. The molecule has 1 aliphatic heterocycles. The van der Waals surface area contributed by atoms with E-state index in [1.165, 1.54) is 11.1 Å². The van der Waals surface area contributed by atoms with E-state index in [0.717, 1.165) is 24.3 Å². The molecular formula is C19H31IN4O2S. The molecule has 1 aromatic rings. The van der Waals surface area contributed by atoms with Crippen molar-refractivity contribution >= 4 is 47.8 Å². The molecule has 0 unspecified atom stereocenters. The molecule has 0 aliphatic carbocycles. The number of piperidine rings is 1. The summed E-state index contributed by atoms with van der Waals surface area (Å²) in [5, 5.41) is 3.26. The van der Waals surface area contributed by atoms with E-state index in [2.05, 4.69) is 41.5 Å². The molecule has 152 valence electrons. The molecule has 0 atom stereocenters. The molecule has 0 radical (unpaired) electrons. The molecule has 2 rings (SSSR count). The summed E-state index contributed by atoms with van der Waals surface area (Å²) in [6.45, 7) is 6.42. The second kappa shape index (κ2) is 13.1. The molecule has 1 aromatic carbocycles. The number of guanidine groups is 1. The molecule has 1 heterocycles. The highest BCUT2D eigenvalue weighted by Crippen LogP contribution is 2.13. The van der Waals surface area contributed by atoms with Gasteiger partial charge in [0.15, 0.2) is 5.96 Å². The number of aliphatic imine (C=N–C) groups is 1. The van der Waals surface area contributed by atoms with E-state index in [1.54, 1.807) is 4.90 Å². The average molecular weight is 506 g/mol. The van der Waals surface area contributed by atoms with Crippen molar-refractivity contribution in [3.8, 4) is 0 Å². The first-order valence-electron chi connectivity index (χ1n) is 9.20. The number of rotatable bonds is 7. The van der Waals surface area contributed by atoms with Gasteiger partial charge in [-0.3, -0.25) is 4.99 Å². The van der Waals surface area contributed by atoms with E-state index in [4.69, 9.17) is 10.5 Å². The first-order valence-corrected chi connectivity index (χ1v) is 10.4. The fourth-order valence-corrected chi connectivity index (χ4v) is 3.57. The van der Waals surface area contributed by atoms with Crippen molar-refractivity contribution in [3.63, 3.8) is 0 Å². The number of hydrogen-bond acceptors (Lipinski definition) is 4. The van der Waals surface area contributed by atoms with Crippen LogP contribution in [0.2, 0.25) is 0 Å². The number of ether oxygens (including phenoxy) is 1. The highest BCUT2D eigenvalue weighted by atomic mass is 127. The largest absolute Gasteiger partial charge is 0.450 e. The van der Waals surface area contributed by atoms with Crippen molar-refractivity contribution in [2.45, 2.75) is 38.5 Å². The number of nitrogens with one attached hydrogen (secondary N) is 1. The summed E-state index contributed by atoms with van der Waals surface area (Å²) < 4.78 is 5.03. The fraction of sp³-hybridized carbons (Fsp3) is 0.579. The monoisotopic (exact) mass is 506 g/mol. The lowest BCUT2D eigenvalue weighted by molar-refractivity contribution is 0.0963. The van der Waals surface area contributed by atoms with Crippen LogP contribution < -0.4 is 11.1 Å². The Hall–Kier alpha value is -1.16. The number of aryl methyl sites for hydroxylation is 1. The van der Waals surface area contributed by atoms with Gasteiger partial charge in [0.25, 0.3) is 0 Å². The van der Waals surface area contributed by atoms with Crippen LogP contribution in [0.4, 0.5) is 4.79 Å². The first-order chi connectivity index (χ1) is 12.6.